The lowest BCUT2D eigenvalue weighted by atomic mass is 10.1. The molecule has 1 aromatic carbocycles. The van der Waals surface area contributed by atoms with Gasteiger partial charge in [-0.05, 0) is 11.1 Å². The van der Waals surface area contributed by atoms with Gasteiger partial charge in [0.15, 0.2) is 0 Å². The molecule has 5 heteroatoms. The molecule has 0 aliphatic carbocycles. The summed E-state index contributed by atoms with van der Waals surface area (Å²) in [6.45, 7) is 1.41. The predicted molar refractivity (Wildman–Crippen MR) is 62.1 cm³/mol. The number of amides is 1. The van der Waals surface area contributed by atoms with E-state index in [1.54, 1.807) is 17.1 Å². The zero-order valence-corrected chi connectivity index (χ0v) is 12.2. The fourth-order valence-electron chi connectivity index (χ4n) is 2.20. The average molecular weight is 355 g/mol. The number of nitrogens with zero attached hydrogens (tertiary/aromatic N) is 3. The van der Waals surface area contributed by atoms with Crippen LogP contribution >= 0.6 is 0 Å². The van der Waals surface area contributed by atoms with Gasteiger partial charge < -0.3 is 24.0 Å². The first-order valence-corrected chi connectivity index (χ1v) is 5.63. The van der Waals surface area contributed by atoms with Gasteiger partial charge >= 0.3 is 6.03 Å². The molecule has 0 N–H and O–H groups in total. The molecule has 3 rings (SSSR count). The summed E-state index contributed by atoms with van der Waals surface area (Å²) in [7, 11) is 1.91. The average Bonchev–Trinajstić information content (AvgIpc) is 2.93. The maximum atomic E-state index is 12.2. The largest absolute Gasteiger partial charge is 1.00 e. The molecule has 0 saturated heterocycles. The molecule has 0 atom stereocenters. The van der Waals surface area contributed by atoms with E-state index in [1.165, 1.54) is 11.1 Å². The Morgan fingerprint density at radius 3 is 2.33 bits per heavy atom. The number of carbonyl (C=O) groups excluding carboxylic acids is 1. The summed E-state index contributed by atoms with van der Waals surface area (Å²) in [5, 5.41) is 0. The van der Waals surface area contributed by atoms with Crippen LogP contribution in [0.4, 0.5) is 4.79 Å². The highest BCUT2D eigenvalue weighted by molar-refractivity contribution is 5.77. The molecular weight excluding hydrogens is 341 g/mol. The van der Waals surface area contributed by atoms with Crippen molar-refractivity contribution in [1.29, 1.82) is 0 Å². The van der Waals surface area contributed by atoms with Crippen molar-refractivity contribution in [3.8, 4) is 0 Å². The number of carbonyl (C=O) groups is 1. The minimum atomic E-state index is 0. The molecule has 1 aliphatic heterocycles. The molecule has 0 saturated carbocycles. The van der Waals surface area contributed by atoms with Gasteiger partial charge in [-0.1, -0.05) is 24.3 Å². The lowest BCUT2D eigenvalue weighted by Crippen LogP contribution is -3.00. The SMILES string of the molecule is C[n+]1ccn(C(=O)N2Cc3ccccc3C2)c1.[I-]. The number of benzene rings is 1. The van der Waals surface area contributed by atoms with Crippen LogP contribution < -0.4 is 28.5 Å². The van der Waals surface area contributed by atoms with Crippen LogP contribution in [0.5, 0.6) is 0 Å². The molecule has 0 radical (unpaired) electrons. The summed E-state index contributed by atoms with van der Waals surface area (Å²) in [4.78, 5) is 14.1. The third-order valence-electron chi connectivity index (χ3n) is 3.10. The van der Waals surface area contributed by atoms with Crippen LogP contribution in [0.15, 0.2) is 43.0 Å². The molecule has 18 heavy (non-hydrogen) atoms. The molecule has 0 spiro atoms. The van der Waals surface area contributed by atoms with Gasteiger partial charge in [0, 0.05) is 0 Å². The van der Waals surface area contributed by atoms with E-state index in [0.717, 1.165) is 0 Å². The van der Waals surface area contributed by atoms with Gasteiger partial charge in [0.1, 0.15) is 12.4 Å². The minimum absolute atomic E-state index is 0. The number of rotatable bonds is 0. The number of aromatic nitrogens is 2. The Labute approximate surface area is 123 Å². The molecule has 1 amide bonds. The number of aryl methyl sites for hydroxylation is 1. The van der Waals surface area contributed by atoms with Gasteiger partial charge in [-0.15, -0.1) is 0 Å². The normalized spacial score (nSPS) is 13.1. The van der Waals surface area contributed by atoms with Crippen LogP contribution in [0.3, 0.4) is 0 Å². The molecule has 0 bridgehead atoms. The summed E-state index contributed by atoms with van der Waals surface area (Å²) in [6, 6.07) is 8.23. The second kappa shape index (κ2) is 5.09. The minimum Gasteiger partial charge on any atom is -1.00 e. The molecule has 0 fully saturated rings. The first kappa shape index (κ1) is 13.1. The van der Waals surface area contributed by atoms with E-state index in [4.69, 9.17) is 0 Å². The topological polar surface area (TPSA) is 29.1 Å². The van der Waals surface area contributed by atoms with E-state index in [-0.39, 0.29) is 30.0 Å². The van der Waals surface area contributed by atoms with Crippen LogP contribution in [-0.4, -0.2) is 15.5 Å². The van der Waals surface area contributed by atoms with Gasteiger partial charge in [-0.2, -0.15) is 4.57 Å². The molecule has 94 valence electrons. The van der Waals surface area contributed by atoms with Crippen molar-refractivity contribution < 1.29 is 33.3 Å². The quantitative estimate of drug-likeness (QED) is 0.409. The number of hydrogen-bond acceptors (Lipinski definition) is 1. The second-order valence-electron chi connectivity index (χ2n) is 4.39. The third-order valence-corrected chi connectivity index (χ3v) is 3.10. The summed E-state index contributed by atoms with van der Waals surface area (Å²) < 4.78 is 3.48. The number of halogens is 1. The van der Waals surface area contributed by atoms with Crippen LogP contribution in [0.1, 0.15) is 11.1 Å². The summed E-state index contributed by atoms with van der Waals surface area (Å²) in [5.41, 5.74) is 2.50. The highest BCUT2D eigenvalue weighted by Gasteiger charge is 2.26. The Kier molecular flexibility index (Phi) is 3.70. The van der Waals surface area contributed by atoms with E-state index < -0.39 is 0 Å². The van der Waals surface area contributed by atoms with Crippen molar-refractivity contribution >= 4 is 6.03 Å². The Balaban J connectivity index is 0.00000120. The second-order valence-corrected chi connectivity index (χ2v) is 4.39. The van der Waals surface area contributed by atoms with E-state index in [2.05, 4.69) is 12.1 Å². The van der Waals surface area contributed by atoms with E-state index >= 15 is 0 Å². The Morgan fingerprint density at radius 1 is 1.22 bits per heavy atom. The Morgan fingerprint density at radius 2 is 1.83 bits per heavy atom. The van der Waals surface area contributed by atoms with Crippen molar-refractivity contribution in [1.82, 2.24) is 9.47 Å². The lowest BCUT2D eigenvalue weighted by molar-refractivity contribution is -0.670. The zero-order chi connectivity index (χ0) is 11.8. The van der Waals surface area contributed by atoms with Crippen molar-refractivity contribution in [2.75, 3.05) is 0 Å². The standard InChI is InChI=1S/C13H14N3O.HI/c1-14-6-7-15(10-14)13(17)16-8-11-4-2-3-5-12(11)9-16;/h2-7,10H,8-9H2,1H3;1H/q+1;/p-1. The van der Waals surface area contributed by atoms with Gasteiger partial charge in [-0.3, -0.25) is 4.90 Å². The van der Waals surface area contributed by atoms with Crippen LogP contribution in [-0.2, 0) is 20.1 Å². The van der Waals surface area contributed by atoms with Crippen molar-refractivity contribution in [2.24, 2.45) is 7.05 Å². The maximum Gasteiger partial charge on any atom is 0.416 e. The smallest absolute Gasteiger partial charge is 0.416 e. The third kappa shape index (κ3) is 2.27. The van der Waals surface area contributed by atoms with Gasteiger partial charge in [0.05, 0.1) is 20.1 Å². The van der Waals surface area contributed by atoms with Crippen LogP contribution in [0.25, 0.3) is 0 Å². The van der Waals surface area contributed by atoms with Gasteiger partial charge in [-0.25, -0.2) is 9.36 Å². The highest BCUT2D eigenvalue weighted by atomic mass is 127. The molecular formula is C13H14IN3O. The van der Waals surface area contributed by atoms with E-state index in [0.29, 0.717) is 13.1 Å². The van der Waals surface area contributed by atoms with Gasteiger partial charge in [0.2, 0.25) is 0 Å². The monoisotopic (exact) mass is 355 g/mol. The first-order chi connectivity index (χ1) is 8.24. The molecule has 4 nitrogen and oxygen atoms in total. The maximum absolute atomic E-state index is 12.2. The van der Waals surface area contributed by atoms with Crippen LogP contribution in [0.2, 0.25) is 0 Å². The summed E-state index contributed by atoms with van der Waals surface area (Å²) >= 11 is 0. The van der Waals surface area contributed by atoms with Gasteiger partial charge in [0.25, 0.3) is 6.33 Å². The molecule has 2 heterocycles. The van der Waals surface area contributed by atoms with Crippen molar-refractivity contribution in [2.45, 2.75) is 13.1 Å². The summed E-state index contributed by atoms with van der Waals surface area (Å²) in [6.07, 6.45) is 5.43. The van der Waals surface area contributed by atoms with Crippen molar-refractivity contribution in [3.63, 3.8) is 0 Å². The van der Waals surface area contributed by atoms with E-state index in [1.807, 2.05) is 34.8 Å². The number of hydrogen-bond donors (Lipinski definition) is 0. The Bertz CT molecular complexity index is 554. The fraction of sp³-hybridized carbons (Fsp3) is 0.231. The Hall–Kier alpha value is -1.37. The molecule has 2 aromatic rings. The first-order valence-electron chi connectivity index (χ1n) is 5.63. The molecule has 1 aliphatic rings. The summed E-state index contributed by atoms with van der Waals surface area (Å²) in [5.74, 6) is 0. The molecule has 0 unspecified atom stereocenters. The lowest BCUT2D eigenvalue weighted by Gasteiger charge is -2.10. The van der Waals surface area contributed by atoms with Crippen molar-refractivity contribution in [3.05, 3.63) is 54.1 Å². The number of imidazole rings is 1. The zero-order valence-electron chi connectivity index (χ0n) is 10.1. The van der Waals surface area contributed by atoms with Crippen LogP contribution in [0, 0.1) is 0 Å². The molecule has 1 aromatic heterocycles. The fourth-order valence-corrected chi connectivity index (χ4v) is 2.20. The van der Waals surface area contributed by atoms with E-state index in [9.17, 15) is 4.79 Å². The highest BCUT2D eigenvalue weighted by Crippen LogP contribution is 2.22. The predicted octanol–water partition coefficient (Wildman–Crippen LogP) is -1.70. The number of fused-ring (bicyclic) bond motifs is 1.